The number of nitrogens with zero attached hydrogens (tertiary/aromatic N) is 2. The lowest BCUT2D eigenvalue weighted by Gasteiger charge is -2.38. The first-order valence-corrected chi connectivity index (χ1v) is 11.8. The second-order valence-corrected chi connectivity index (χ2v) is 9.46. The van der Waals surface area contributed by atoms with Gasteiger partial charge in [-0.15, -0.1) is 0 Å². The Hall–Kier alpha value is -1.02. The molecule has 0 bridgehead atoms. The SMILES string of the molecule is CCCCCC1CCC(C2CCC(n3nc(Cl)c4ccccc43)CC2)CC1. The van der Waals surface area contributed by atoms with E-state index < -0.39 is 0 Å². The monoisotopic (exact) mass is 386 g/mol. The molecule has 0 spiro atoms. The van der Waals surface area contributed by atoms with Gasteiger partial charge < -0.3 is 0 Å². The number of hydrogen-bond donors (Lipinski definition) is 0. The zero-order valence-electron chi connectivity index (χ0n) is 16.9. The van der Waals surface area contributed by atoms with Gasteiger partial charge in [0.15, 0.2) is 5.15 Å². The van der Waals surface area contributed by atoms with Crippen LogP contribution >= 0.6 is 11.6 Å². The number of benzene rings is 1. The van der Waals surface area contributed by atoms with E-state index in [0.717, 1.165) is 23.1 Å². The van der Waals surface area contributed by atoms with E-state index in [1.165, 1.54) is 82.6 Å². The van der Waals surface area contributed by atoms with Crippen molar-refractivity contribution in [3.05, 3.63) is 29.4 Å². The second-order valence-electron chi connectivity index (χ2n) is 9.10. The Labute approximate surface area is 169 Å². The molecule has 3 heteroatoms. The molecule has 2 aromatic rings. The number of unbranched alkanes of at least 4 members (excludes halogenated alkanes) is 2. The van der Waals surface area contributed by atoms with E-state index in [2.05, 4.69) is 41.0 Å². The maximum Gasteiger partial charge on any atom is 0.158 e. The lowest BCUT2D eigenvalue weighted by atomic mass is 9.69. The minimum Gasteiger partial charge on any atom is -0.260 e. The smallest absolute Gasteiger partial charge is 0.158 e. The van der Waals surface area contributed by atoms with Crippen LogP contribution in [0.3, 0.4) is 0 Å². The fourth-order valence-electron chi connectivity index (χ4n) is 5.78. The van der Waals surface area contributed by atoms with E-state index in [1.807, 2.05) is 0 Å². The van der Waals surface area contributed by atoms with Crippen LogP contribution < -0.4 is 0 Å². The Bertz CT molecular complexity index is 721. The number of fused-ring (bicyclic) bond motifs is 1. The predicted molar refractivity (Wildman–Crippen MR) is 115 cm³/mol. The minimum atomic E-state index is 0.532. The fourth-order valence-corrected chi connectivity index (χ4v) is 6.02. The molecule has 4 rings (SSSR count). The zero-order chi connectivity index (χ0) is 18.6. The average Bonchev–Trinajstić information content (AvgIpc) is 3.06. The van der Waals surface area contributed by atoms with Crippen LogP contribution in [0.15, 0.2) is 24.3 Å². The summed E-state index contributed by atoms with van der Waals surface area (Å²) >= 11 is 6.37. The van der Waals surface area contributed by atoms with Crippen LogP contribution in [0, 0.1) is 17.8 Å². The third-order valence-corrected chi connectivity index (χ3v) is 7.71. The van der Waals surface area contributed by atoms with Crippen molar-refractivity contribution in [2.45, 2.75) is 90.0 Å². The molecule has 2 fully saturated rings. The third-order valence-electron chi connectivity index (χ3n) is 7.43. The summed E-state index contributed by atoms with van der Waals surface area (Å²) in [6, 6.07) is 8.94. The summed E-state index contributed by atoms with van der Waals surface area (Å²) in [6.07, 6.45) is 17.0. The number of rotatable bonds is 6. The van der Waals surface area contributed by atoms with E-state index in [1.54, 1.807) is 0 Å². The molecule has 1 heterocycles. The van der Waals surface area contributed by atoms with E-state index in [0.29, 0.717) is 11.2 Å². The van der Waals surface area contributed by atoms with Gasteiger partial charge >= 0.3 is 0 Å². The zero-order valence-corrected chi connectivity index (χ0v) is 17.6. The predicted octanol–water partition coefficient (Wildman–Crippen LogP) is 7.81. The highest BCUT2D eigenvalue weighted by Gasteiger charge is 2.32. The largest absolute Gasteiger partial charge is 0.260 e. The van der Waals surface area contributed by atoms with Gasteiger partial charge in [0.1, 0.15) is 0 Å². The van der Waals surface area contributed by atoms with Crippen LogP contribution in [0.4, 0.5) is 0 Å². The van der Waals surface area contributed by atoms with Gasteiger partial charge in [0, 0.05) is 5.39 Å². The lowest BCUT2D eigenvalue weighted by molar-refractivity contribution is 0.142. The number of aromatic nitrogens is 2. The first-order valence-electron chi connectivity index (χ1n) is 11.4. The fraction of sp³-hybridized carbons (Fsp3) is 0.708. The molecular weight excluding hydrogens is 352 g/mol. The molecule has 1 aromatic carbocycles. The molecule has 0 amide bonds. The molecule has 148 valence electrons. The maximum absolute atomic E-state index is 6.37. The number of halogens is 1. The van der Waals surface area contributed by atoms with Crippen LogP contribution in [0.25, 0.3) is 10.9 Å². The van der Waals surface area contributed by atoms with Crippen molar-refractivity contribution in [2.24, 2.45) is 17.8 Å². The molecule has 2 saturated carbocycles. The Balaban J connectivity index is 1.29. The summed E-state index contributed by atoms with van der Waals surface area (Å²) in [4.78, 5) is 0. The van der Waals surface area contributed by atoms with Crippen LogP contribution in [0.5, 0.6) is 0 Å². The van der Waals surface area contributed by atoms with Crippen molar-refractivity contribution in [3.8, 4) is 0 Å². The van der Waals surface area contributed by atoms with Gasteiger partial charge in [-0.05, 0) is 68.4 Å². The van der Waals surface area contributed by atoms with Crippen LogP contribution in [0.2, 0.25) is 5.15 Å². The standard InChI is InChI=1S/C24H35ClN2/c1-2-3-4-7-18-10-12-19(13-11-18)20-14-16-21(17-15-20)27-23-9-6-5-8-22(23)24(25)26-27/h5-6,8-9,18-21H,2-4,7,10-17H2,1H3. The summed E-state index contributed by atoms with van der Waals surface area (Å²) in [5, 5.41) is 6.44. The molecule has 27 heavy (non-hydrogen) atoms. The van der Waals surface area contributed by atoms with Crippen molar-refractivity contribution in [1.29, 1.82) is 0 Å². The van der Waals surface area contributed by atoms with Gasteiger partial charge in [0.2, 0.25) is 0 Å². The quantitative estimate of drug-likeness (QED) is 0.463. The second kappa shape index (κ2) is 8.99. The highest BCUT2D eigenvalue weighted by molar-refractivity contribution is 6.34. The molecule has 0 N–H and O–H groups in total. The Morgan fingerprint density at radius 3 is 2.30 bits per heavy atom. The Kier molecular flexibility index (Phi) is 6.42. The van der Waals surface area contributed by atoms with E-state index in [9.17, 15) is 0 Å². The van der Waals surface area contributed by atoms with Crippen LogP contribution in [-0.4, -0.2) is 9.78 Å². The number of hydrogen-bond acceptors (Lipinski definition) is 1. The van der Waals surface area contributed by atoms with Crippen molar-refractivity contribution in [3.63, 3.8) is 0 Å². The summed E-state index contributed by atoms with van der Waals surface area (Å²) in [5.74, 6) is 2.98. The molecular formula is C24H35ClN2. The lowest BCUT2D eigenvalue weighted by Crippen LogP contribution is -2.27. The van der Waals surface area contributed by atoms with Gasteiger partial charge in [-0.1, -0.05) is 69.2 Å². The molecule has 0 aliphatic heterocycles. The molecule has 2 aliphatic carbocycles. The topological polar surface area (TPSA) is 17.8 Å². The molecule has 0 radical (unpaired) electrons. The van der Waals surface area contributed by atoms with Gasteiger partial charge in [0.25, 0.3) is 0 Å². The van der Waals surface area contributed by atoms with Crippen LogP contribution in [0.1, 0.15) is 90.0 Å². The molecule has 2 nitrogen and oxygen atoms in total. The van der Waals surface area contributed by atoms with Gasteiger partial charge in [-0.25, -0.2) is 0 Å². The van der Waals surface area contributed by atoms with E-state index >= 15 is 0 Å². The van der Waals surface area contributed by atoms with Crippen molar-refractivity contribution in [1.82, 2.24) is 9.78 Å². The van der Waals surface area contributed by atoms with Crippen molar-refractivity contribution >= 4 is 22.5 Å². The van der Waals surface area contributed by atoms with E-state index in [-0.39, 0.29) is 0 Å². The van der Waals surface area contributed by atoms with Crippen molar-refractivity contribution in [2.75, 3.05) is 0 Å². The third kappa shape index (κ3) is 4.36. The summed E-state index contributed by atoms with van der Waals surface area (Å²) in [7, 11) is 0. The van der Waals surface area contributed by atoms with E-state index in [4.69, 9.17) is 11.6 Å². The maximum atomic E-state index is 6.37. The average molecular weight is 387 g/mol. The summed E-state index contributed by atoms with van der Waals surface area (Å²) in [6.45, 7) is 2.31. The first-order chi connectivity index (χ1) is 13.3. The number of para-hydroxylation sites is 1. The van der Waals surface area contributed by atoms with Crippen LogP contribution in [-0.2, 0) is 0 Å². The normalized spacial score (nSPS) is 29.3. The van der Waals surface area contributed by atoms with Gasteiger partial charge in [0.05, 0.1) is 11.6 Å². The van der Waals surface area contributed by atoms with Gasteiger partial charge in [-0.3, -0.25) is 4.68 Å². The highest BCUT2D eigenvalue weighted by atomic mass is 35.5. The Morgan fingerprint density at radius 2 is 1.59 bits per heavy atom. The highest BCUT2D eigenvalue weighted by Crippen LogP contribution is 2.44. The molecule has 1 aromatic heterocycles. The summed E-state index contributed by atoms with van der Waals surface area (Å²) < 4.78 is 2.22. The Morgan fingerprint density at radius 1 is 0.926 bits per heavy atom. The molecule has 0 unspecified atom stereocenters. The molecule has 2 aliphatic rings. The van der Waals surface area contributed by atoms with Crippen molar-refractivity contribution < 1.29 is 0 Å². The molecule has 0 atom stereocenters. The first kappa shape index (κ1) is 19.3. The van der Waals surface area contributed by atoms with Gasteiger partial charge in [-0.2, -0.15) is 5.10 Å². The molecule has 0 saturated heterocycles. The summed E-state index contributed by atoms with van der Waals surface area (Å²) in [5.41, 5.74) is 1.21. The minimum absolute atomic E-state index is 0.532.